The molecule has 1 heterocycles. The number of hydrogen-bond donors (Lipinski definition) is 0. The van der Waals surface area contributed by atoms with Crippen molar-refractivity contribution in [2.75, 3.05) is 0 Å². The lowest BCUT2D eigenvalue weighted by atomic mass is 10.1. The van der Waals surface area contributed by atoms with Crippen molar-refractivity contribution in [3.8, 4) is 0 Å². The number of aryl methyl sites for hydroxylation is 2. The maximum Gasteiger partial charge on any atom is 0.131 e. The molecule has 2 nitrogen and oxygen atoms in total. The van der Waals surface area contributed by atoms with E-state index in [9.17, 15) is 0 Å². The largest absolute Gasteiger partial charge is 0.363 e. The fourth-order valence-corrected chi connectivity index (χ4v) is 1.22. The summed E-state index contributed by atoms with van der Waals surface area (Å²) in [5.41, 5.74) is 3.36. The van der Waals surface area contributed by atoms with E-state index in [2.05, 4.69) is 24.2 Å². The van der Waals surface area contributed by atoms with Crippen LogP contribution < -0.4 is 0 Å². The first-order chi connectivity index (χ1) is 6.29. The number of hydrogen-bond acceptors (Lipinski definition) is 2. The van der Waals surface area contributed by atoms with Gasteiger partial charge in [-0.05, 0) is 25.0 Å². The Morgan fingerprint density at radius 3 is 2.31 bits per heavy atom. The highest BCUT2D eigenvalue weighted by molar-refractivity contribution is 5.83. The molecule has 0 aliphatic rings. The zero-order valence-electron chi connectivity index (χ0n) is 8.59. The molecule has 0 spiro atoms. The van der Waals surface area contributed by atoms with Crippen LogP contribution in [0, 0.1) is 13.8 Å². The van der Waals surface area contributed by atoms with Crippen molar-refractivity contribution in [3.05, 3.63) is 29.5 Å². The van der Waals surface area contributed by atoms with Crippen LogP contribution in [-0.4, -0.2) is 5.16 Å². The van der Waals surface area contributed by atoms with Gasteiger partial charge in [0.25, 0.3) is 0 Å². The van der Waals surface area contributed by atoms with E-state index in [4.69, 9.17) is 4.52 Å². The minimum atomic E-state index is 0.977. The van der Waals surface area contributed by atoms with Crippen LogP contribution in [0.5, 0.6) is 0 Å². The van der Waals surface area contributed by atoms with E-state index in [1.165, 1.54) is 11.1 Å². The Morgan fingerprint density at radius 2 is 1.69 bits per heavy atom. The van der Waals surface area contributed by atoms with Crippen LogP contribution >= 0.6 is 0 Å². The van der Waals surface area contributed by atoms with Gasteiger partial charge in [-0.2, -0.15) is 0 Å². The fourth-order valence-electron chi connectivity index (χ4n) is 1.22. The standard InChI is InChI=1S/C9H9NO.C2H6/c1-6-3-4-7(2)9-8(6)5-11-10-9;1-2/h3-5H,1-2H3;1-2H3. The average molecular weight is 177 g/mol. The number of benzene rings is 1. The minimum Gasteiger partial charge on any atom is -0.363 e. The number of rotatable bonds is 0. The van der Waals surface area contributed by atoms with E-state index in [-0.39, 0.29) is 0 Å². The Bertz CT molecular complexity index is 354. The molecule has 0 unspecified atom stereocenters. The predicted octanol–water partition coefficient (Wildman–Crippen LogP) is 3.47. The monoisotopic (exact) mass is 177 g/mol. The van der Waals surface area contributed by atoms with E-state index in [1.807, 2.05) is 20.8 Å². The van der Waals surface area contributed by atoms with E-state index in [1.54, 1.807) is 6.26 Å². The van der Waals surface area contributed by atoms with Gasteiger partial charge in [0, 0.05) is 5.39 Å². The average Bonchev–Trinajstić information content (AvgIpc) is 2.64. The van der Waals surface area contributed by atoms with Crippen molar-refractivity contribution in [1.29, 1.82) is 0 Å². The summed E-state index contributed by atoms with van der Waals surface area (Å²) in [7, 11) is 0. The van der Waals surface area contributed by atoms with Gasteiger partial charge in [-0.15, -0.1) is 0 Å². The van der Waals surface area contributed by atoms with Crippen molar-refractivity contribution in [2.45, 2.75) is 27.7 Å². The fraction of sp³-hybridized carbons (Fsp3) is 0.364. The van der Waals surface area contributed by atoms with Gasteiger partial charge < -0.3 is 4.52 Å². The van der Waals surface area contributed by atoms with Gasteiger partial charge in [0.1, 0.15) is 11.8 Å². The maximum atomic E-state index is 4.88. The highest BCUT2D eigenvalue weighted by Crippen LogP contribution is 2.19. The lowest BCUT2D eigenvalue weighted by Crippen LogP contribution is -1.78. The SMILES string of the molecule is CC.Cc1ccc(C)c2nocc12. The first-order valence-electron chi connectivity index (χ1n) is 4.59. The zero-order valence-corrected chi connectivity index (χ0v) is 8.59. The van der Waals surface area contributed by atoms with Crippen molar-refractivity contribution in [2.24, 2.45) is 0 Å². The Hall–Kier alpha value is -1.31. The van der Waals surface area contributed by atoms with Crippen molar-refractivity contribution < 1.29 is 4.52 Å². The second kappa shape index (κ2) is 4.08. The van der Waals surface area contributed by atoms with Crippen LogP contribution in [0.3, 0.4) is 0 Å². The van der Waals surface area contributed by atoms with Crippen LogP contribution in [0.25, 0.3) is 10.9 Å². The van der Waals surface area contributed by atoms with Crippen LogP contribution in [-0.2, 0) is 0 Å². The summed E-state index contributed by atoms with van der Waals surface area (Å²) in [5.74, 6) is 0. The Labute approximate surface area is 78.5 Å². The Balaban J connectivity index is 0.000000396. The molecule has 0 atom stereocenters. The van der Waals surface area contributed by atoms with Gasteiger partial charge in [-0.25, -0.2) is 0 Å². The molecule has 0 fully saturated rings. The molecular weight excluding hydrogens is 162 g/mol. The zero-order chi connectivity index (χ0) is 9.84. The first-order valence-corrected chi connectivity index (χ1v) is 4.59. The lowest BCUT2D eigenvalue weighted by molar-refractivity contribution is 0.428. The summed E-state index contributed by atoms with van der Waals surface area (Å²) in [6, 6.07) is 4.13. The van der Waals surface area contributed by atoms with Crippen molar-refractivity contribution in [3.63, 3.8) is 0 Å². The molecule has 2 aromatic rings. The molecule has 70 valence electrons. The number of aromatic nitrogens is 1. The summed E-state index contributed by atoms with van der Waals surface area (Å²) in [6.07, 6.45) is 1.69. The summed E-state index contributed by atoms with van der Waals surface area (Å²) < 4.78 is 4.88. The molecule has 0 aliphatic heterocycles. The molecule has 0 amide bonds. The molecular formula is C11H15NO. The van der Waals surface area contributed by atoms with Crippen LogP contribution in [0.2, 0.25) is 0 Å². The van der Waals surface area contributed by atoms with Gasteiger partial charge in [-0.1, -0.05) is 31.1 Å². The molecule has 13 heavy (non-hydrogen) atoms. The Morgan fingerprint density at radius 1 is 1.08 bits per heavy atom. The number of nitrogens with zero attached hydrogens (tertiary/aromatic N) is 1. The molecule has 0 saturated carbocycles. The quantitative estimate of drug-likeness (QED) is 0.615. The molecule has 0 bridgehead atoms. The third-order valence-corrected chi connectivity index (χ3v) is 1.95. The molecule has 1 aromatic carbocycles. The lowest BCUT2D eigenvalue weighted by Gasteiger charge is -1.94. The van der Waals surface area contributed by atoms with Gasteiger partial charge in [0.05, 0.1) is 0 Å². The highest BCUT2D eigenvalue weighted by atomic mass is 16.5. The molecule has 2 rings (SSSR count). The summed E-state index contributed by atoms with van der Waals surface area (Å²) in [6.45, 7) is 8.09. The van der Waals surface area contributed by atoms with E-state index in [0.29, 0.717) is 0 Å². The van der Waals surface area contributed by atoms with Crippen LogP contribution in [0.4, 0.5) is 0 Å². The molecule has 0 saturated heterocycles. The normalized spacial score (nSPS) is 9.54. The first kappa shape index (κ1) is 9.78. The summed E-state index contributed by atoms with van der Waals surface area (Å²) in [5, 5.41) is 5.02. The van der Waals surface area contributed by atoms with E-state index in [0.717, 1.165) is 10.9 Å². The molecule has 2 heteroatoms. The third-order valence-electron chi connectivity index (χ3n) is 1.95. The van der Waals surface area contributed by atoms with Gasteiger partial charge in [0.15, 0.2) is 0 Å². The summed E-state index contributed by atoms with van der Waals surface area (Å²) >= 11 is 0. The number of fused-ring (bicyclic) bond motifs is 1. The van der Waals surface area contributed by atoms with E-state index >= 15 is 0 Å². The smallest absolute Gasteiger partial charge is 0.131 e. The Kier molecular flexibility index (Phi) is 3.07. The van der Waals surface area contributed by atoms with Crippen LogP contribution in [0.1, 0.15) is 25.0 Å². The van der Waals surface area contributed by atoms with Gasteiger partial charge in [0.2, 0.25) is 0 Å². The van der Waals surface area contributed by atoms with Gasteiger partial charge >= 0.3 is 0 Å². The molecule has 0 aliphatic carbocycles. The van der Waals surface area contributed by atoms with E-state index < -0.39 is 0 Å². The second-order valence-electron chi connectivity index (χ2n) is 2.78. The third kappa shape index (κ3) is 1.72. The van der Waals surface area contributed by atoms with Crippen molar-refractivity contribution in [1.82, 2.24) is 5.16 Å². The minimum absolute atomic E-state index is 0.977. The highest BCUT2D eigenvalue weighted by Gasteiger charge is 2.02. The second-order valence-corrected chi connectivity index (χ2v) is 2.78. The predicted molar refractivity (Wildman–Crippen MR) is 54.8 cm³/mol. The van der Waals surface area contributed by atoms with Gasteiger partial charge in [-0.3, -0.25) is 0 Å². The van der Waals surface area contributed by atoms with Crippen LogP contribution in [0.15, 0.2) is 22.9 Å². The molecule has 0 N–H and O–H groups in total. The molecule has 1 aromatic heterocycles. The maximum absolute atomic E-state index is 4.88. The van der Waals surface area contributed by atoms with Crippen molar-refractivity contribution >= 4 is 10.9 Å². The summed E-state index contributed by atoms with van der Waals surface area (Å²) in [4.78, 5) is 0. The molecule has 0 radical (unpaired) electrons. The topological polar surface area (TPSA) is 26.0 Å².